The van der Waals surface area contributed by atoms with Crippen LogP contribution in [-0.2, 0) is 17.6 Å². The van der Waals surface area contributed by atoms with Gasteiger partial charge in [-0.2, -0.15) is 0 Å². The van der Waals surface area contributed by atoms with Crippen LogP contribution in [-0.4, -0.2) is 5.91 Å². The molecule has 0 saturated heterocycles. The molecule has 0 unspecified atom stereocenters. The number of anilines is 1. The van der Waals surface area contributed by atoms with Crippen LogP contribution in [0.4, 0.5) is 5.69 Å². The van der Waals surface area contributed by atoms with Gasteiger partial charge in [0, 0.05) is 10.4 Å². The van der Waals surface area contributed by atoms with Crippen molar-refractivity contribution in [3.63, 3.8) is 0 Å². The zero-order valence-electron chi connectivity index (χ0n) is 10.4. The maximum absolute atomic E-state index is 12.3. The normalized spacial score (nSPS) is 14.2. The average Bonchev–Trinajstić information content (AvgIpc) is 2.85. The lowest BCUT2D eigenvalue weighted by molar-refractivity contribution is -0.119. The molecule has 0 bridgehead atoms. The Morgan fingerprint density at radius 2 is 1.58 bits per heavy atom. The minimum atomic E-state index is 0.0458. The van der Waals surface area contributed by atoms with Crippen LogP contribution in [0.15, 0.2) is 53.0 Å². The molecule has 0 spiro atoms. The zero-order chi connectivity index (χ0) is 13.2. The minimum absolute atomic E-state index is 0.0458. The first-order valence-electron chi connectivity index (χ1n) is 6.36. The molecule has 2 aromatic carbocycles. The third kappa shape index (κ3) is 2.56. The van der Waals surface area contributed by atoms with Gasteiger partial charge in [-0.3, -0.25) is 4.79 Å². The zero-order valence-corrected chi connectivity index (χ0v) is 12.0. The Morgan fingerprint density at radius 1 is 1.00 bits per heavy atom. The minimum Gasteiger partial charge on any atom is -0.325 e. The van der Waals surface area contributed by atoms with Crippen LogP contribution >= 0.6 is 15.9 Å². The third-order valence-corrected chi connectivity index (χ3v) is 4.25. The van der Waals surface area contributed by atoms with E-state index < -0.39 is 0 Å². The van der Waals surface area contributed by atoms with Crippen LogP contribution in [0.1, 0.15) is 11.1 Å². The summed E-state index contributed by atoms with van der Waals surface area (Å²) in [6.07, 6.45) is 1.68. The van der Waals surface area contributed by atoms with Crippen molar-refractivity contribution < 1.29 is 4.79 Å². The molecule has 0 fully saturated rings. The Morgan fingerprint density at radius 3 is 2.21 bits per heavy atom. The summed E-state index contributed by atoms with van der Waals surface area (Å²) in [7, 11) is 0. The van der Waals surface area contributed by atoms with Crippen molar-refractivity contribution >= 4 is 27.5 Å². The summed E-state index contributed by atoms with van der Waals surface area (Å²) in [5.74, 6) is 0.146. The van der Waals surface area contributed by atoms with E-state index in [1.807, 2.05) is 36.4 Å². The van der Waals surface area contributed by atoms with Gasteiger partial charge in [-0.15, -0.1) is 0 Å². The highest BCUT2D eigenvalue weighted by atomic mass is 79.9. The highest BCUT2D eigenvalue weighted by molar-refractivity contribution is 9.10. The number of nitrogens with one attached hydrogen (secondary N) is 1. The van der Waals surface area contributed by atoms with Crippen LogP contribution in [0.2, 0.25) is 0 Å². The molecule has 0 saturated carbocycles. The fraction of sp³-hybridized carbons (Fsp3) is 0.188. The van der Waals surface area contributed by atoms with E-state index in [0.717, 1.165) is 23.0 Å². The van der Waals surface area contributed by atoms with Gasteiger partial charge in [0.25, 0.3) is 0 Å². The van der Waals surface area contributed by atoms with E-state index in [9.17, 15) is 4.79 Å². The standard InChI is InChI=1S/C16H14BrNO/c17-14-7-3-4-8-15(14)18-16(19)13-9-11-5-1-2-6-12(11)10-13/h1-8,13H,9-10H2,(H,18,19). The molecule has 2 nitrogen and oxygen atoms in total. The lowest BCUT2D eigenvalue weighted by Gasteiger charge is -2.11. The van der Waals surface area contributed by atoms with E-state index in [1.54, 1.807) is 0 Å². The first-order valence-corrected chi connectivity index (χ1v) is 7.15. The average molecular weight is 316 g/mol. The first kappa shape index (κ1) is 12.4. The number of para-hydroxylation sites is 1. The number of rotatable bonds is 2. The molecule has 0 aromatic heterocycles. The fourth-order valence-electron chi connectivity index (χ4n) is 2.54. The number of benzene rings is 2. The van der Waals surface area contributed by atoms with Gasteiger partial charge in [0.05, 0.1) is 5.69 Å². The van der Waals surface area contributed by atoms with Gasteiger partial charge in [0.1, 0.15) is 0 Å². The van der Waals surface area contributed by atoms with Crippen molar-refractivity contribution in [3.8, 4) is 0 Å². The second kappa shape index (κ2) is 5.17. The highest BCUT2D eigenvalue weighted by Crippen LogP contribution is 2.28. The van der Waals surface area contributed by atoms with Gasteiger partial charge in [-0.1, -0.05) is 36.4 Å². The van der Waals surface area contributed by atoms with Crippen LogP contribution < -0.4 is 5.32 Å². The smallest absolute Gasteiger partial charge is 0.228 e. The Balaban J connectivity index is 1.72. The Bertz CT molecular complexity index is 599. The van der Waals surface area contributed by atoms with E-state index in [1.165, 1.54) is 11.1 Å². The molecule has 0 radical (unpaired) electrons. The number of hydrogen-bond donors (Lipinski definition) is 1. The monoisotopic (exact) mass is 315 g/mol. The van der Waals surface area contributed by atoms with E-state index in [2.05, 4.69) is 33.4 Å². The molecule has 96 valence electrons. The number of carbonyl (C=O) groups excluding carboxylic acids is 1. The molecule has 3 heteroatoms. The molecule has 1 aliphatic carbocycles. The molecular weight excluding hydrogens is 302 g/mol. The fourth-order valence-corrected chi connectivity index (χ4v) is 2.93. The lowest BCUT2D eigenvalue weighted by atomic mass is 10.1. The Hall–Kier alpha value is -1.61. The number of amides is 1. The van der Waals surface area contributed by atoms with Crippen LogP contribution in [0, 0.1) is 5.92 Å². The van der Waals surface area contributed by atoms with Gasteiger partial charge in [-0.05, 0) is 52.0 Å². The second-order valence-corrected chi connectivity index (χ2v) is 5.70. The number of halogens is 1. The molecule has 1 aliphatic rings. The summed E-state index contributed by atoms with van der Waals surface area (Å²) < 4.78 is 0.916. The molecule has 0 atom stereocenters. The quantitative estimate of drug-likeness (QED) is 0.897. The van der Waals surface area contributed by atoms with Crippen LogP contribution in [0.5, 0.6) is 0 Å². The summed E-state index contributed by atoms with van der Waals surface area (Å²) in [5.41, 5.74) is 3.44. The van der Waals surface area contributed by atoms with Gasteiger partial charge < -0.3 is 5.32 Å². The van der Waals surface area contributed by atoms with Crippen molar-refractivity contribution in [2.75, 3.05) is 5.32 Å². The van der Waals surface area contributed by atoms with Gasteiger partial charge in [-0.25, -0.2) is 0 Å². The molecule has 19 heavy (non-hydrogen) atoms. The van der Waals surface area contributed by atoms with Crippen molar-refractivity contribution in [3.05, 3.63) is 64.1 Å². The number of hydrogen-bond acceptors (Lipinski definition) is 1. The van der Waals surface area contributed by atoms with Gasteiger partial charge in [0.2, 0.25) is 5.91 Å². The topological polar surface area (TPSA) is 29.1 Å². The summed E-state index contributed by atoms with van der Waals surface area (Å²) in [6.45, 7) is 0. The van der Waals surface area contributed by atoms with Gasteiger partial charge in [0.15, 0.2) is 0 Å². The maximum atomic E-state index is 12.3. The van der Waals surface area contributed by atoms with Crippen molar-refractivity contribution in [2.24, 2.45) is 5.92 Å². The third-order valence-electron chi connectivity index (χ3n) is 3.55. The molecule has 1 amide bonds. The molecule has 0 aliphatic heterocycles. The van der Waals surface area contributed by atoms with E-state index in [-0.39, 0.29) is 11.8 Å². The van der Waals surface area contributed by atoms with E-state index >= 15 is 0 Å². The summed E-state index contributed by atoms with van der Waals surface area (Å²) in [6, 6.07) is 16.0. The Labute approximate surface area is 121 Å². The van der Waals surface area contributed by atoms with Gasteiger partial charge >= 0.3 is 0 Å². The van der Waals surface area contributed by atoms with Crippen molar-refractivity contribution in [1.29, 1.82) is 0 Å². The largest absolute Gasteiger partial charge is 0.325 e. The van der Waals surface area contributed by atoms with E-state index in [0.29, 0.717) is 0 Å². The number of carbonyl (C=O) groups is 1. The van der Waals surface area contributed by atoms with Crippen molar-refractivity contribution in [2.45, 2.75) is 12.8 Å². The summed E-state index contributed by atoms with van der Waals surface area (Å²) in [5, 5.41) is 3.00. The predicted octanol–water partition coefficient (Wildman–Crippen LogP) is 3.80. The highest BCUT2D eigenvalue weighted by Gasteiger charge is 2.27. The summed E-state index contributed by atoms with van der Waals surface area (Å²) in [4.78, 5) is 12.3. The molecular formula is C16H14BrNO. The maximum Gasteiger partial charge on any atom is 0.228 e. The lowest BCUT2D eigenvalue weighted by Crippen LogP contribution is -2.23. The number of fused-ring (bicyclic) bond motifs is 1. The summed E-state index contributed by atoms with van der Waals surface area (Å²) >= 11 is 3.45. The molecule has 1 N–H and O–H groups in total. The first-order chi connectivity index (χ1) is 9.24. The predicted molar refractivity (Wildman–Crippen MR) is 80.1 cm³/mol. The molecule has 3 rings (SSSR count). The van der Waals surface area contributed by atoms with Crippen molar-refractivity contribution in [1.82, 2.24) is 0 Å². The second-order valence-electron chi connectivity index (χ2n) is 4.84. The van der Waals surface area contributed by atoms with Crippen LogP contribution in [0.3, 0.4) is 0 Å². The molecule has 2 aromatic rings. The van der Waals surface area contributed by atoms with Crippen LogP contribution in [0.25, 0.3) is 0 Å². The van der Waals surface area contributed by atoms with E-state index in [4.69, 9.17) is 0 Å². The SMILES string of the molecule is O=C(Nc1ccccc1Br)C1Cc2ccccc2C1. The Kier molecular flexibility index (Phi) is 3.38. The molecule has 0 heterocycles.